The third-order valence-electron chi connectivity index (χ3n) is 11.3. The van der Waals surface area contributed by atoms with Gasteiger partial charge in [0, 0.05) is 153 Å². The molecule has 15 heteroatoms. The van der Waals surface area contributed by atoms with E-state index in [1.54, 1.807) is 0 Å². The minimum Gasteiger partial charge on any atom is -0.399 e. The van der Waals surface area contributed by atoms with Crippen LogP contribution in [0, 0.1) is 0 Å². The van der Waals surface area contributed by atoms with Crippen LogP contribution in [0.5, 0.6) is 0 Å². The van der Waals surface area contributed by atoms with Crippen molar-refractivity contribution in [2.24, 2.45) is 28.2 Å². The molecule has 11 nitrogen and oxygen atoms in total. The molecule has 64 heavy (non-hydrogen) atoms. The first-order valence-electron chi connectivity index (χ1n) is 19.6. The molecule has 5 aromatic carbocycles. The lowest BCUT2D eigenvalue weighted by atomic mass is 10.1. The van der Waals surface area contributed by atoms with E-state index in [1.807, 2.05) is 119 Å². The maximum absolute atomic E-state index is 5.80. The van der Waals surface area contributed by atoms with Gasteiger partial charge in [-0.3, -0.25) is 9.97 Å². The van der Waals surface area contributed by atoms with Crippen LogP contribution in [0.15, 0.2) is 152 Å². The molecule has 0 saturated carbocycles. The summed E-state index contributed by atoms with van der Waals surface area (Å²) in [5.41, 5.74) is 36.5. The lowest BCUT2D eigenvalue weighted by Gasteiger charge is -1.97. The van der Waals surface area contributed by atoms with E-state index in [9.17, 15) is 0 Å². The molecule has 308 valence electrons. The van der Waals surface area contributed by atoms with Crippen LogP contribution in [-0.4, -0.2) is 66.9 Å². The number of hydrogen-bond acceptors (Lipinski definition) is 7. The maximum Gasteiger partial charge on any atom is 0.140 e. The Morgan fingerprint density at radius 2 is 0.750 bits per heavy atom. The Kier molecular flexibility index (Phi) is 14.1. The molecule has 7 heterocycles. The fourth-order valence-corrected chi connectivity index (χ4v) is 8.32. The van der Waals surface area contributed by atoms with Gasteiger partial charge in [-0.15, -0.1) is 0 Å². The Morgan fingerprint density at radius 3 is 1.36 bits per heavy atom. The lowest BCUT2D eigenvalue weighted by molar-refractivity contribution is 0.990. The number of aromatic nitrogens is 7. The Hall–Kier alpha value is -7.79. The number of para-hydroxylation sites is 1. The molecule has 0 fully saturated rings. The van der Waals surface area contributed by atoms with Crippen molar-refractivity contribution in [3.63, 3.8) is 0 Å². The third-order valence-corrected chi connectivity index (χ3v) is 11.3. The van der Waals surface area contributed by atoms with Crippen LogP contribution >= 0.6 is 0 Å². The normalized spacial score (nSPS) is 10.6. The van der Waals surface area contributed by atoms with Crippen molar-refractivity contribution in [3.8, 4) is 0 Å². The topological polar surface area (TPSA) is 162 Å². The monoisotopic (exact) mass is 831 g/mol. The molecule has 8 N–H and O–H groups in total. The Morgan fingerprint density at radius 1 is 0.344 bits per heavy atom. The highest BCUT2D eigenvalue weighted by atomic mass is 15.0. The Labute approximate surface area is 379 Å². The second kappa shape index (κ2) is 19.1. The van der Waals surface area contributed by atoms with Gasteiger partial charge in [-0.25, -0.2) is 4.98 Å². The summed E-state index contributed by atoms with van der Waals surface area (Å²) in [6.07, 6.45) is 7.33. The molecule has 0 amide bonds. The van der Waals surface area contributed by atoms with Gasteiger partial charge in [0.15, 0.2) is 0 Å². The van der Waals surface area contributed by atoms with Crippen LogP contribution in [0.1, 0.15) is 0 Å². The molecule has 0 saturated heterocycles. The van der Waals surface area contributed by atoms with E-state index in [0.717, 1.165) is 61.4 Å². The largest absolute Gasteiger partial charge is 0.399 e. The number of fused-ring (bicyclic) bond motifs is 12. The third kappa shape index (κ3) is 8.27. The van der Waals surface area contributed by atoms with E-state index in [0.29, 0.717) is 0 Å². The van der Waals surface area contributed by atoms with E-state index < -0.39 is 0 Å². The highest BCUT2D eigenvalue weighted by Crippen LogP contribution is 2.31. The molecular formula is C49H45B4N11. The number of nitrogens with zero attached hydrogens (tertiary/aromatic N) is 7. The average Bonchev–Trinajstić information content (AvgIpc) is 3.92. The highest BCUT2D eigenvalue weighted by Gasteiger charge is 2.11. The molecule has 0 aliphatic carbocycles. The van der Waals surface area contributed by atoms with Crippen molar-refractivity contribution in [2.75, 3.05) is 22.9 Å². The molecule has 0 aliphatic rings. The first kappa shape index (κ1) is 47.3. The van der Waals surface area contributed by atoms with Gasteiger partial charge in [-0.05, 0) is 91.0 Å². The minimum absolute atomic E-state index is 0. The van der Waals surface area contributed by atoms with E-state index in [-0.39, 0.29) is 33.7 Å². The van der Waals surface area contributed by atoms with E-state index in [1.165, 1.54) is 48.9 Å². The summed E-state index contributed by atoms with van der Waals surface area (Å²) >= 11 is 0. The van der Waals surface area contributed by atoms with Crippen molar-refractivity contribution < 1.29 is 0 Å². The zero-order valence-electron chi connectivity index (χ0n) is 36.2. The second-order valence-corrected chi connectivity index (χ2v) is 15.0. The standard InChI is InChI=1S/C13H12N2.3C12H11N3.4B/c1-15-12-5-3-2-4-10(12)11-7-6-9(14)8-13(11)15;1-15-11-4-5-14-7-10(11)9-3-2-8(13)6-12(9)15;1-15-10-3-2-6-14-12(10)9-5-4-8(13)7-11(9)15;1-15-11-7-8(13)4-5-9(11)10-3-2-6-14-12(10)15;;;;/h2-8H,14H2,1H3;3*2-7H,13H2,1H3;;;;. The maximum atomic E-state index is 5.80. The number of rotatable bonds is 0. The number of anilines is 4. The first-order valence-corrected chi connectivity index (χ1v) is 19.6. The molecule has 0 unspecified atom stereocenters. The quantitative estimate of drug-likeness (QED) is 0.0883. The van der Waals surface area contributed by atoms with Gasteiger partial charge in [0.25, 0.3) is 0 Å². The van der Waals surface area contributed by atoms with E-state index >= 15 is 0 Å². The van der Waals surface area contributed by atoms with Crippen LogP contribution in [0.3, 0.4) is 0 Å². The van der Waals surface area contributed by atoms with Crippen molar-refractivity contribution in [1.82, 2.24) is 33.2 Å². The predicted molar refractivity (Wildman–Crippen MR) is 276 cm³/mol. The lowest BCUT2D eigenvalue weighted by Crippen LogP contribution is -1.90. The number of aryl methyl sites for hydroxylation is 4. The van der Waals surface area contributed by atoms with Crippen molar-refractivity contribution in [1.29, 1.82) is 0 Å². The summed E-state index contributed by atoms with van der Waals surface area (Å²) in [6, 6.07) is 42.4. The van der Waals surface area contributed by atoms with Gasteiger partial charge < -0.3 is 41.2 Å². The zero-order chi connectivity index (χ0) is 41.7. The van der Waals surface area contributed by atoms with Gasteiger partial charge in [0.1, 0.15) is 5.65 Å². The van der Waals surface area contributed by atoms with Gasteiger partial charge in [-0.1, -0.05) is 36.4 Å². The fourth-order valence-electron chi connectivity index (χ4n) is 8.32. The summed E-state index contributed by atoms with van der Waals surface area (Å²) < 4.78 is 8.51. The Bertz CT molecular complexity index is 3100. The molecular weight excluding hydrogens is 786 g/mol. The summed E-state index contributed by atoms with van der Waals surface area (Å²) in [5, 5.41) is 8.47. The van der Waals surface area contributed by atoms with Crippen LogP contribution < -0.4 is 22.9 Å². The number of hydrogen-bond donors (Lipinski definition) is 4. The second-order valence-electron chi connectivity index (χ2n) is 15.0. The smallest absolute Gasteiger partial charge is 0.140 e. The van der Waals surface area contributed by atoms with Gasteiger partial charge >= 0.3 is 0 Å². The van der Waals surface area contributed by atoms with Crippen LogP contribution in [0.2, 0.25) is 0 Å². The molecule has 12 aromatic rings. The van der Waals surface area contributed by atoms with Gasteiger partial charge in [0.05, 0.1) is 38.6 Å². The SMILES string of the molecule is Cn1c2cc(N)ccc2c2cccnc21.Cn1c2cc(N)ccc2c2ncccc21.Cn1c2ccccc2c2ccc(N)cc21.Cn1c2ccncc2c2ccc(N)cc21.[B].[B].[B].[B]. The molecule has 0 spiro atoms. The van der Waals surface area contributed by atoms with E-state index in [4.69, 9.17) is 22.9 Å². The van der Waals surface area contributed by atoms with Crippen LogP contribution in [0.4, 0.5) is 22.7 Å². The van der Waals surface area contributed by atoms with Crippen LogP contribution in [-0.2, 0) is 28.2 Å². The van der Waals surface area contributed by atoms with Crippen molar-refractivity contribution >= 4 is 144 Å². The molecule has 12 radical (unpaired) electrons. The number of nitrogen functional groups attached to an aromatic ring is 4. The summed E-state index contributed by atoms with van der Waals surface area (Å²) in [4.78, 5) is 12.9. The number of benzene rings is 5. The predicted octanol–water partition coefficient (Wildman–Crippen LogP) is 8.32. The summed E-state index contributed by atoms with van der Waals surface area (Å²) in [5.74, 6) is 0. The highest BCUT2D eigenvalue weighted by molar-refractivity contribution is 6.10. The molecule has 0 atom stereocenters. The van der Waals surface area contributed by atoms with Gasteiger partial charge in [0.2, 0.25) is 0 Å². The number of nitrogens with two attached hydrogens (primary N) is 4. The fraction of sp³-hybridized carbons (Fsp3) is 0.0816. The minimum atomic E-state index is 0. The summed E-state index contributed by atoms with van der Waals surface area (Å²) in [7, 11) is 8.16. The molecule has 0 aliphatic heterocycles. The zero-order valence-corrected chi connectivity index (χ0v) is 36.2. The van der Waals surface area contributed by atoms with Crippen LogP contribution in [0.25, 0.3) is 87.5 Å². The van der Waals surface area contributed by atoms with Crippen molar-refractivity contribution in [2.45, 2.75) is 0 Å². The average molecular weight is 831 g/mol. The molecule has 12 rings (SSSR count). The molecule has 7 aromatic heterocycles. The first-order chi connectivity index (χ1) is 29.1. The van der Waals surface area contributed by atoms with Gasteiger partial charge in [-0.2, -0.15) is 0 Å². The molecule has 0 bridgehead atoms. The van der Waals surface area contributed by atoms with Crippen molar-refractivity contribution in [3.05, 3.63) is 152 Å². The Balaban J connectivity index is 0.000000157. The summed E-state index contributed by atoms with van der Waals surface area (Å²) in [6.45, 7) is 0. The number of pyridine rings is 3. The van der Waals surface area contributed by atoms with E-state index in [2.05, 4.69) is 94.9 Å².